The molecule has 1 aliphatic heterocycles. The summed E-state index contributed by atoms with van der Waals surface area (Å²) < 4.78 is 5.82. The Morgan fingerprint density at radius 3 is 2.67 bits per heavy atom. The number of anilines is 1. The van der Waals surface area contributed by atoms with Gasteiger partial charge in [-0.3, -0.25) is 9.59 Å². The molecule has 140 valence electrons. The fraction of sp³-hybridized carbons (Fsp3) is 0.273. The molecule has 0 aliphatic carbocycles. The molecule has 5 heteroatoms. The highest BCUT2D eigenvalue weighted by molar-refractivity contribution is 6.05. The van der Waals surface area contributed by atoms with Crippen LogP contribution in [0, 0.1) is 6.92 Å². The summed E-state index contributed by atoms with van der Waals surface area (Å²) in [5, 5.41) is 2.84. The van der Waals surface area contributed by atoms with Crippen molar-refractivity contribution in [3.05, 3.63) is 65.7 Å². The summed E-state index contributed by atoms with van der Waals surface area (Å²) in [6.07, 6.45) is 3.44. The number of benzene rings is 2. The highest BCUT2D eigenvalue weighted by Gasteiger charge is 2.32. The molecule has 2 amide bonds. The predicted octanol–water partition coefficient (Wildman–Crippen LogP) is 3.33. The van der Waals surface area contributed by atoms with Crippen molar-refractivity contribution in [1.82, 2.24) is 5.32 Å². The van der Waals surface area contributed by atoms with Gasteiger partial charge in [0.15, 0.2) is 6.10 Å². The minimum Gasteiger partial charge on any atom is -0.477 e. The first kappa shape index (κ1) is 18.7. The summed E-state index contributed by atoms with van der Waals surface area (Å²) in [6, 6.07) is 15.2. The first-order chi connectivity index (χ1) is 13.1. The summed E-state index contributed by atoms with van der Waals surface area (Å²) in [5.41, 5.74) is 2.80. The maximum Gasteiger partial charge on any atom is 0.262 e. The molecule has 1 N–H and O–H groups in total. The molecular weight excluding hydrogens is 340 g/mol. The normalized spacial score (nSPS) is 15.9. The van der Waals surface area contributed by atoms with E-state index >= 15 is 0 Å². The number of carbonyl (C=O) groups excluding carboxylic acids is 2. The number of aryl methyl sites for hydroxylation is 1. The molecule has 27 heavy (non-hydrogen) atoms. The van der Waals surface area contributed by atoms with E-state index in [0.29, 0.717) is 18.0 Å². The predicted molar refractivity (Wildman–Crippen MR) is 107 cm³/mol. The number of fused-ring (bicyclic) bond motifs is 1. The second-order valence-electron chi connectivity index (χ2n) is 6.56. The monoisotopic (exact) mass is 364 g/mol. The maximum atomic E-state index is 12.8. The highest BCUT2D eigenvalue weighted by atomic mass is 16.5. The quantitative estimate of drug-likeness (QED) is 0.828. The average Bonchev–Trinajstić information content (AvgIpc) is 2.70. The van der Waals surface area contributed by atoms with Gasteiger partial charge in [-0.1, -0.05) is 48.9 Å². The number of rotatable bonds is 5. The van der Waals surface area contributed by atoms with E-state index in [1.54, 1.807) is 17.0 Å². The van der Waals surface area contributed by atoms with Gasteiger partial charge in [-0.2, -0.15) is 0 Å². The maximum absolute atomic E-state index is 12.8. The smallest absolute Gasteiger partial charge is 0.262 e. The van der Waals surface area contributed by atoms with E-state index in [4.69, 9.17) is 4.74 Å². The van der Waals surface area contributed by atoms with E-state index < -0.39 is 6.10 Å². The second-order valence-corrected chi connectivity index (χ2v) is 6.56. The van der Waals surface area contributed by atoms with E-state index in [1.807, 2.05) is 56.3 Å². The summed E-state index contributed by atoms with van der Waals surface area (Å²) in [7, 11) is 0. The van der Waals surface area contributed by atoms with Crippen molar-refractivity contribution in [1.29, 1.82) is 0 Å². The lowest BCUT2D eigenvalue weighted by atomic mass is 10.1. The minimum absolute atomic E-state index is 0.181. The number of nitrogens with zero attached hydrogens (tertiary/aromatic N) is 1. The van der Waals surface area contributed by atoms with Crippen molar-refractivity contribution < 1.29 is 14.3 Å². The highest BCUT2D eigenvalue weighted by Crippen LogP contribution is 2.33. The van der Waals surface area contributed by atoms with Gasteiger partial charge >= 0.3 is 0 Å². The number of hydrogen-bond acceptors (Lipinski definition) is 3. The molecule has 1 atom stereocenters. The zero-order chi connectivity index (χ0) is 19.2. The van der Waals surface area contributed by atoms with Crippen LogP contribution in [0.3, 0.4) is 0 Å². The molecule has 5 nitrogen and oxygen atoms in total. The number of carbonyl (C=O) groups is 2. The van der Waals surface area contributed by atoms with Gasteiger partial charge in [0, 0.05) is 12.6 Å². The van der Waals surface area contributed by atoms with Crippen molar-refractivity contribution in [3.63, 3.8) is 0 Å². The van der Waals surface area contributed by atoms with E-state index in [9.17, 15) is 9.59 Å². The third-order valence-corrected chi connectivity index (χ3v) is 4.38. The van der Waals surface area contributed by atoms with Crippen LogP contribution in [0.15, 0.2) is 54.6 Å². The van der Waals surface area contributed by atoms with Crippen LogP contribution >= 0.6 is 0 Å². The van der Waals surface area contributed by atoms with Crippen LogP contribution in [-0.2, 0) is 9.59 Å². The van der Waals surface area contributed by atoms with E-state index in [0.717, 1.165) is 12.0 Å². The SMILES string of the molecule is CCCNC(=O)[C@@H]1CN(C(=O)/C=C/c2ccc(C)cc2)c2ccccc2O1. The fourth-order valence-corrected chi connectivity index (χ4v) is 2.88. The Labute approximate surface area is 159 Å². The molecule has 0 radical (unpaired) electrons. The molecule has 1 aliphatic rings. The van der Waals surface area contributed by atoms with Crippen LogP contribution < -0.4 is 15.0 Å². The van der Waals surface area contributed by atoms with E-state index in [2.05, 4.69) is 5.32 Å². The number of nitrogens with one attached hydrogen (secondary N) is 1. The zero-order valence-corrected chi connectivity index (χ0v) is 15.6. The molecule has 1 heterocycles. The lowest BCUT2D eigenvalue weighted by Gasteiger charge is -2.33. The van der Waals surface area contributed by atoms with Gasteiger partial charge in [-0.25, -0.2) is 0 Å². The third-order valence-electron chi connectivity index (χ3n) is 4.38. The van der Waals surface area contributed by atoms with Crippen molar-refractivity contribution in [2.75, 3.05) is 18.0 Å². The van der Waals surface area contributed by atoms with E-state index in [-0.39, 0.29) is 18.4 Å². The lowest BCUT2D eigenvalue weighted by Crippen LogP contribution is -2.50. The largest absolute Gasteiger partial charge is 0.477 e. The van der Waals surface area contributed by atoms with Crippen LogP contribution in [0.2, 0.25) is 0 Å². The van der Waals surface area contributed by atoms with Crippen molar-refractivity contribution in [2.45, 2.75) is 26.4 Å². The van der Waals surface area contributed by atoms with Gasteiger partial charge in [-0.15, -0.1) is 0 Å². The van der Waals surface area contributed by atoms with Crippen LogP contribution in [0.4, 0.5) is 5.69 Å². The summed E-state index contributed by atoms with van der Waals surface area (Å²) >= 11 is 0. The molecule has 0 unspecified atom stereocenters. The number of amides is 2. The molecule has 0 saturated heterocycles. The summed E-state index contributed by atoms with van der Waals surface area (Å²) in [6.45, 7) is 4.78. The van der Waals surface area contributed by atoms with Gasteiger partial charge in [0.25, 0.3) is 11.8 Å². The molecule has 0 aromatic heterocycles. The van der Waals surface area contributed by atoms with Crippen molar-refractivity contribution >= 4 is 23.6 Å². The molecule has 3 rings (SSSR count). The van der Waals surface area contributed by atoms with Crippen LogP contribution in [0.1, 0.15) is 24.5 Å². The Kier molecular flexibility index (Phi) is 5.91. The Balaban J connectivity index is 1.80. The van der Waals surface area contributed by atoms with Crippen LogP contribution in [0.5, 0.6) is 5.75 Å². The minimum atomic E-state index is -0.719. The third kappa shape index (κ3) is 4.56. The van der Waals surface area contributed by atoms with E-state index in [1.165, 1.54) is 11.6 Å². The fourth-order valence-electron chi connectivity index (χ4n) is 2.88. The van der Waals surface area contributed by atoms with Gasteiger partial charge in [0.2, 0.25) is 0 Å². The summed E-state index contributed by atoms with van der Waals surface area (Å²) in [5.74, 6) is 0.156. The average molecular weight is 364 g/mol. The van der Waals surface area contributed by atoms with Crippen LogP contribution in [0.25, 0.3) is 6.08 Å². The number of hydrogen-bond donors (Lipinski definition) is 1. The Hall–Kier alpha value is -3.08. The van der Waals surface area contributed by atoms with Gasteiger partial charge < -0.3 is 15.0 Å². The second kappa shape index (κ2) is 8.54. The summed E-state index contributed by atoms with van der Waals surface area (Å²) in [4.78, 5) is 26.8. The van der Waals surface area contributed by atoms with Crippen LogP contribution in [-0.4, -0.2) is 31.0 Å². The topological polar surface area (TPSA) is 58.6 Å². The number of para-hydroxylation sites is 2. The first-order valence-corrected chi connectivity index (χ1v) is 9.18. The van der Waals surface area contributed by atoms with Crippen molar-refractivity contribution in [2.24, 2.45) is 0 Å². The Morgan fingerprint density at radius 2 is 1.93 bits per heavy atom. The van der Waals surface area contributed by atoms with Crippen molar-refractivity contribution in [3.8, 4) is 5.75 Å². The lowest BCUT2D eigenvalue weighted by molar-refractivity contribution is -0.128. The molecule has 2 aromatic carbocycles. The van der Waals surface area contributed by atoms with Gasteiger partial charge in [-0.05, 0) is 37.1 Å². The first-order valence-electron chi connectivity index (χ1n) is 9.18. The molecule has 0 spiro atoms. The van der Waals surface area contributed by atoms with Gasteiger partial charge in [0.1, 0.15) is 5.75 Å². The molecule has 0 saturated carbocycles. The Morgan fingerprint density at radius 1 is 1.19 bits per heavy atom. The Bertz CT molecular complexity index is 843. The molecule has 2 aromatic rings. The molecule has 0 bridgehead atoms. The zero-order valence-electron chi connectivity index (χ0n) is 15.6. The molecular formula is C22H24N2O3. The molecule has 0 fully saturated rings. The number of ether oxygens (including phenoxy) is 1. The standard InChI is InChI=1S/C22H24N2O3/c1-3-14-23-22(26)20-15-24(18-6-4-5-7-19(18)27-20)21(25)13-12-17-10-8-16(2)9-11-17/h4-13,20H,3,14-15H2,1-2H3,(H,23,26)/b13-12+/t20-/m0/s1. The van der Waals surface area contributed by atoms with Gasteiger partial charge in [0.05, 0.1) is 12.2 Å².